The highest BCUT2D eigenvalue weighted by Gasteiger charge is 2.21. The molecule has 2 aromatic rings. The predicted octanol–water partition coefficient (Wildman–Crippen LogP) is 3.36. The molecular weight excluding hydrogens is 254 g/mol. The standard InChI is InChI=1S/C16H21NO3/c1-8(2)12-6-11(16(19)20)7-13-14(10(4)18)9(3)17(5)15(12)13/h6-8,10,18H,1-5H3,(H,19,20). The third-order valence-corrected chi connectivity index (χ3v) is 3.94. The van der Waals surface area contributed by atoms with E-state index in [-0.39, 0.29) is 11.5 Å². The lowest BCUT2D eigenvalue weighted by molar-refractivity contribution is 0.0697. The number of fused-ring (bicyclic) bond motifs is 1. The van der Waals surface area contributed by atoms with Crippen molar-refractivity contribution in [3.63, 3.8) is 0 Å². The molecule has 0 bridgehead atoms. The van der Waals surface area contributed by atoms with E-state index in [1.54, 1.807) is 19.1 Å². The van der Waals surface area contributed by atoms with Crippen LogP contribution < -0.4 is 0 Å². The number of rotatable bonds is 3. The van der Waals surface area contributed by atoms with Crippen LogP contribution in [0.4, 0.5) is 0 Å². The molecule has 1 unspecified atom stereocenters. The SMILES string of the molecule is Cc1c(C(C)O)c2cc(C(=O)O)cc(C(C)C)c2n1C. The topological polar surface area (TPSA) is 62.5 Å². The zero-order valence-electron chi connectivity index (χ0n) is 12.6. The molecule has 4 heteroatoms. The van der Waals surface area contributed by atoms with Gasteiger partial charge >= 0.3 is 5.97 Å². The molecule has 20 heavy (non-hydrogen) atoms. The number of hydrogen-bond acceptors (Lipinski definition) is 2. The van der Waals surface area contributed by atoms with E-state index in [1.807, 2.05) is 32.4 Å². The number of aryl methyl sites for hydroxylation is 1. The first-order valence-corrected chi connectivity index (χ1v) is 6.79. The Balaban J connectivity index is 2.97. The maximum atomic E-state index is 11.3. The Morgan fingerprint density at radius 3 is 2.30 bits per heavy atom. The molecule has 0 radical (unpaired) electrons. The molecule has 2 rings (SSSR count). The number of aromatic nitrogens is 1. The number of aliphatic hydroxyl groups is 1. The largest absolute Gasteiger partial charge is 0.478 e. The maximum Gasteiger partial charge on any atom is 0.335 e. The van der Waals surface area contributed by atoms with Gasteiger partial charge in [-0.05, 0) is 37.5 Å². The average molecular weight is 275 g/mol. The van der Waals surface area contributed by atoms with Crippen LogP contribution in [0.3, 0.4) is 0 Å². The normalized spacial score (nSPS) is 13.2. The van der Waals surface area contributed by atoms with E-state index in [0.717, 1.165) is 27.7 Å². The maximum absolute atomic E-state index is 11.3. The number of benzene rings is 1. The molecule has 0 amide bonds. The fourth-order valence-electron chi connectivity index (χ4n) is 2.87. The highest BCUT2D eigenvalue weighted by Crippen LogP contribution is 2.35. The van der Waals surface area contributed by atoms with Crippen molar-refractivity contribution in [2.45, 2.75) is 39.7 Å². The highest BCUT2D eigenvalue weighted by atomic mass is 16.4. The van der Waals surface area contributed by atoms with Crippen LogP contribution in [0.5, 0.6) is 0 Å². The molecule has 1 atom stereocenters. The Bertz CT molecular complexity index is 681. The number of nitrogens with zero attached hydrogens (tertiary/aromatic N) is 1. The average Bonchev–Trinajstić information content (AvgIpc) is 2.60. The second kappa shape index (κ2) is 4.94. The Hall–Kier alpha value is -1.81. The van der Waals surface area contributed by atoms with Gasteiger partial charge in [0.05, 0.1) is 17.2 Å². The van der Waals surface area contributed by atoms with Gasteiger partial charge < -0.3 is 14.8 Å². The molecule has 0 aliphatic heterocycles. The van der Waals surface area contributed by atoms with Crippen molar-refractivity contribution in [2.24, 2.45) is 7.05 Å². The van der Waals surface area contributed by atoms with Crippen LogP contribution >= 0.6 is 0 Å². The van der Waals surface area contributed by atoms with E-state index in [0.29, 0.717) is 0 Å². The minimum absolute atomic E-state index is 0.214. The summed E-state index contributed by atoms with van der Waals surface area (Å²) in [5, 5.41) is 20.1. The summed E-state index contributed by atoms with van der Waals surface area (Å²) < 4.78 is 2.04. The highest BCUT2D eigenvalue weighted by molar-refractivity contribution is 5.97. The summed E-state index contributed by atoms with van der Waals surface area (Å²) in [7, 11) is 1.95. The Morgan fingerprint density at radius 1 is 1.25 bits per heavy atom. The van der Waals surface area contributed by atoms with Gasteiger partial charge in [0.15, 0.2) is 0 Å². The van der Waals surface area contributed by atoms with Crippen molar-refractivity contribution in [2.75, 3.05) is 0 Å². The fourth-order valence-corrected chi connectivity index (χ4v) is 2.87. The number of carboxylic acid groups (broad SMARTS) is 1. The van der Waals surface area contributed by atoms with E-state index in [4.69, 9.17) is 0 Å². The number of carbonyl (C=O) groups is 1. The summed E-state index contributed by atoms with van der Waals surface area (Å²) in [6.45, 7) is 7.76. The minimum Gasteiger partial charge on any atom is -0.478 e. The molecule has 0 fully saturated rings. The Labute approximate surface area is 118 Å². The van der Waals surface area contributed by atoms with Crippen molar-refractivity contribution >= 4 is 16.9 Å². The van der Waals surface area contributed by atoms with Crippen LogP contribution in [-0.2, 0) is 7.05 Å². The number of aliphatic hydroxyl groups excluding tert-OH is 1. The summed E-state index contributed by atoms with van der Waals surface area (Å²) in [6, 6.07) is 3.40. The van der Waals surface area contributed by atoms with Crippen LogP contribution in [0.2, 0.25) is 0 Å². The lowest BCUT2D eigenvalue weighted by Crippen LogP contribution is -2.01. The van der Waals surface area contributed by atoms with Crippen LogP contribution in [0.1, 0.15) is 60.0 Å². The van der Waals surface area contributed by atoms with Gasteiger partial charge in [-0.1, -0.05) is 13.8 Å². The zero-order valence-corrected chi connectivity index (χ0v) is 12.6. The van der Waals surface area contributed by atoms with Crippen molar-refractivity contribution in [3.05, 3.63) is 34.5 Å². The molecule has 1 aromatic heterocycles. The molecule has 0 aliphatic carbocycles. The summed E-state index contributed by atoms with van der Waals surface area (Å²) in [6.07, 6.45) is -0.622. The molecule has 4 nitrogen and oxygen atoms in total. The van der Waals surface area contributed by atoms with Crippen molar-refractivity contribution in [1.29, 1.82) is 0 Å². The Kier molecular flexibility index (Phi) is 3.61. The molecule has 0 saturated carbocycles. The second-order valence-electron chi connectivity index (χ2n) is 5.66. The molecule has 1 heterocycles. The summed E-state index contributed by atoms with van der Waals surface area (Å²) in [5.74, 6) is -0.724. The predicted molar refractivity (Wildman–Crippen MR) is 79.3 cm³/mol. The fraction of sp³-hybridized carbons (Fsp3) is 0.438. The zero-order chi connectivity index (χ0) is 15.2. The van der Waals surface area contributed by atoms with Gasteiger partial charge in [-0.15, -0.1) is 0 Å². The van der Waals surface area contributed by atoms with Gasteiger partial charge in [0.1, 0.15) is 0 Å². The van der Waals surface area contributed by atoms with Crippen molar-refractivity contribution in [3.8, 4) is 0 Å². The van der Waals surface area contributed by atoms with Gasteiger partial charge in [-0.25, -0.2) is 4.79 Å². The van der Waals surface area contributed by atoms with Gasteiger partial charge in [-0.2, -0.15) is 0 Å². The van der Waals surface area contributed by atoms with E-state index < -0.39 is 12.1 Å². The third kappa shape index (κ3) is 2.10. The quantitative estimate of drug-likeness (QED) is 0.902. The molecule has 2 N–H and O–H groups in total. The number of aromatic carboxylic acids is 1. The van der Waals surface area contributed by atoms with Crippen LogP contribution in [0, 0.1) is 6.92 Å². The second-order valence-corrected chi connectivity index (χ2v) is 5.66. The van der Waals surface area contributed by atoms with E-state index >= 15 is 0 Å². The van der Waals surface area contributed by atoms with Crippen molar-refractivity contribution in [1.82, 2.24) is 4.57 Å². The molecule has 0 spiro atoms. The van der Waals surface area contributed by atoms with Gasteiger partial charge in [0.25, 0.3) is 0 Å². The minimum atomic E-state index is -0.938. The smallest absolute Gasteiger partial charge is 0.335 e. The molecule has 0 saturated heterocycles. The summed E-state index contributed by atoms with van der Waals surface area (Å²) >= 11 is 0. The first-order chi connectivity index (χ1) is 9.25. The van der Waals surface area contributed by atoms with Crippen LogP contribution in [0.25, 0.3) is 10.9 Å². The summed E-state index contributed by atoms with van der Waals surface area (Å²) in [4.78, 5) is 11.3. The lowest BCUT2D eigenvalue weighted by Gasteiger charge is -2.11. The monoisotopic (exact) mass is 275 g/mol. The van der Waals surface area contributed by atoms with E-state index in [9.17, 15) is 15.0 Å². The first-order valence-electron chi connectivity index (χ1n) is 6.79. The van der Waals surface area contributed by atoms with Crippen molar-refractivity contribution < 1.29 is 15.0 Å². The number of hydrogen-bond donors (Lipinski definition) is 2. The third-order valence-electron chi connectivity index (χ3n) is 3.94. The van der Waals surface area contributed by atoms with E-state index in [2.05, 4.69) is 0 Å². The lowest BCUT2D eigenvalue weighted by atomic mass is 9.95. The van der Waals surface area contributed by atoms with Gasteiger partial charge in [-0.3, -0.25) is 0 Å². The Morgan fingerprint density at radius 2 is 1.85 bits per heavy atom. The number of carboxylic acids is 1. The molecule has 0 aliphatic rings. The molecule has 1 aromatic carbocycles. The molecular formula is C16H21NO3. The summed E-state index contributed by atoms with van der Waals surface area (Å²) in [5.41, 5.74) is 4.07. The van der Waals surface area contributed by atoms with E-state index in [1.165, 1.54) is 0 Å². The van der Waals surface area contributed by atoms with Crippen LogP contribution in [0.15, 0.2) is 12.1 Å². The van der Waals surface area contributed by atoms with Crippen LogP contribution in [-0.4, -0.2) is 20.7 Å². The van der Waals surface area contributed by atoms with Gasteiger partial charge in [0, 0.05) is 23.7 Å². The first kappa shape index (κ1) is 14.6. The van der Waals surface area contributed by atoms with Gasteiger partial charge in [0.2, 0.25) is 0 Å². The molecule has 108 valence electrons.